The van der Waals surface area contributed by atoms with Crippen LogP contribution in [-0.4, -0.2) is 35.7 Å². The molecule has 1 aromatic rings. The molecule has 0 aromatic heterocycles. The molecule has 1 aromatic carbocycles. The van der Waals surface area contributed by atoms with Gasteiger partial charge in [-0.05, 0) is 12.0 Å². The molecule has 0 atom stereocenters. The number of halogens is 2. The Morgan fingerprint density at radius 2 is 2.17 bits per heavy atom. The zero-order chi connectivity index (χ0) is 13.4. The smallest absolute Gasteiger partial charge is 0.414 e. The minimum absolute atomic E-state index is 0.0730. The SMILES string of the molecule is COc1cc(Cl)c2c(c1Cl)C(=O)N(C(=O)O)CC2. The van der Waals surface area contributed by atoms with Crippen molar-refractivity contribution in [2.45, 2.75) is 6.42 Å². The molecule has 1 heterocycles. The highest BCUT2D eigenvalue weighted by atomic mass is 35.5. The predicted octanol–water partition coefficient (Wildman–Crippen LogP) is 2.68. The summed E-state index contributed by atoms with van der Waals surface area (Å²) in [6, 6.07) is 1.52. The Morgan fingerprint density at radius 3 is 2.72 bits per heavy atom. The van der Waals surface area contributed by atoms with Gasteiger partial charge in [0.1, 0.15) is 5.75 Å². The van der Waals surface area contributed by atoms with E-state index in [1.165, 1.54) is 13.2 Å². The van der Waals surface area contributed by atoms with Crippen molar-refractivity contribution in [3.8, 4) is 5.75 Å². The zero-order valence-electron chi connectivity index (χ0n) is 9.37. The van der Waals surface area contributed by atoms with Gasteiger partial charge in [-0.1, -0.05) is 23.2 Å². The Hall–Kier alpha value is -1.46. The van der Waals surface area contributed by atoms with Crippen LogP contribution in [0, 0.1) is 0 Å². The topological polar surface area (TPSA) is 66.8 Å². The number of hydrogen-bond acceptors (Lipinski definition) is 3. The van der Waals surface area contributed by atoms with E-state index in [1.807, 2.05) is 0 Å². The quantitative estimate of drug-likeness (QED) is 0.863. The average molecular weight is 290 g/mol. The highest BCUT2D eigenvalue weighted by Gasteiger charge is 2.33. The first-order valence-electron chi connectivity index (χ1n) is 5.07. The second-order valence-electron chi connectivity index (χ2n) is 3.72. The summed E-state index contributed by atoms with van der Waals surface area (Å²) in [5.74, 6) is -0.421. The van der Waals surface area contributed by atoms with Crippen molar-refractivity contribution in [1.29, 1.82) is 0 Å². The highest BCUT2D eigenvalue weighted by molar-refractivity contribution is 6.38. The molecule has 18 heavy (non-hydrogen) atoms. The van der Waals surface area contributed by atoms with Gasteiger partial charge in [0.05, 0.1) is 17.7 Å². The van der Waals surface area contributed by atoms with Crippen LogP contribution in [0.2, 0.25) is 10.0 Å². The van der Waals surface area contributed by atoms with Crippen molar-refractivity contribution in [2.75, 3.05) is 13.7 Å². The lowest BCUT2D eigenvalue weighted by Gasteiger charge is -2.26. The molecule has 2 amide bonds. The zero-order valence-corrected chi connectivity index (χ0v) is 10.9. The molecule has 1 N–H and O–H groups in total. The number of hydrogen-bond donors (Lipinski definition) is 1. The molecule has 0 unspecified atom stereocenters. The van der Waals surface area contributed by atoms with Gasteiger partial charge in [-0.25, -0.2) is 9.69 Å². The number of nitrogens with zero attached hydrogens (tertiary/aromatic N) is 1. The van der Waals surface area contributed by atoms with Crippen LogP contribution < -0.4 is 4.74 Å². The van der Waals surface area contributed by atoms with Crippen LogP contribution in [0.3, 0.4) is 0 Å². The molecule has 0 bridgehead atoms. The van der Waals surface area contributed by atoms with Gasteiger partial charge in [-0.3, -0.25) is 4.79 Å². The summed E-state index contributed by atoms with van der Waals surface area (Å²) >= 11 is 12.1. The lowest BCUT2D eigenvalue weighted by Crippen LogP contribution is -2.41. The van der Waals surface area contributed by atoms with Gasteiger partial charge in [0.25, 0.3) is 5.91 Å². The third-order valence-electron chi connectivity index (χ3n) is 2.78. The van der Waals surface area contributed by atoms with Gasteiger partial charge in [0.2, 0.25) is 0 Å². The minimum Gasteiger partial charge on any atom is -0.495 e. The Bertz CT molecular complexity index is 544. The maximum Gasteiger partial charge on any atom is 0.414 e. The van der Waals surface area contributed by atoms with E-state index in [0.717, 1.165) is 0 Å². The highest BCUT2D eigenvalue weighted by Crippen LogP contribution is 2.38. The summed E-state index contributed by atoms with van der Waals surface area (Å²) in [5, 5.41) is 9.36. The van der Waals surface area contributed by atoms with Gasteiger partial charge in [0.15, 0.2) is 0 Å². The molecule has 5 nitrogen and oxygen atoms in total. The van der Waals surface area contributed by atoms with E-state index in [0.29, 0.717) is 21.9 Å². The normalized spacial score (nSPS) is 14.4. The van der Waals surface area contributed by atoms with E-state index in [9.17, 15) is 9.59 Å². The lowest BCUT2D eigenvalue weighted by atomic mass is 9.98. The molecule has 1 aliphatic rings. The van der Waals surface area contributed by atoms with E-state index in [1.54, 1.807) is 0 Å². The number of imide groups is 1. The molecule has 0 saturated carbocycles. The van der Waals surface area contributed by atoms with E-state index in [2.05, 4.69) is 0 Å². The molecule has 2 rings (SSSR count). The number of amides is 2. The summed E-state index contributed by atoms with van der Waals surface area (Å²) in [7, 11) is 1.40. The Labute approximate surface area is 113 Å². The first-order valence-corrected chi connectivity index (χ1v) is 5.82. The Kier molecular flexibility index (Phi) is 3.36. The summed E-state index contributed by atoms with van der Waals surface area (Å²) in [5.41, 5.74) is 0.666. The number of carbonyl (C=O) groups is 2. The monoisotopic (exact) mass is 289 g/mol. The molecule has 0 fully saturated rings. The molecule has 0 spiro atoms. The third kappa shape index (κ3) is 1.89. The number of carboxylic acid groups (broad SMARTS) is 1. The molecular formula is C11H9Cl2NO4. The maximum atomic E-state index is 12.0. The van der Waals surface area contributed by atoms with Crippen molar-refractivity contribution < 1.29 is 19.4 Å². The van der Waals surface area contributed by atoms with Crippen molar-refractivity contribution in [2.24, 2.45) is 0 Å². The average Bonchev–Trinajstić information content (AvgIpc) is 2.32. The van der Waals surface area contributed by atoms with E-state index in [4.69, 9.17) is 33.0 Å². The number of rotatable bonds is 1. The largest absolute Gasteiger partial charge is 0.495 e. The molecule has 7 heteroatoms. The molecule has 1 aliphatic heterocycles. The van der Waals surface area contributed by atoms with E-state index in [-0.39, 0.29) is 22.9 Å². The van der Waals surface area contributed by atoms with Gasteiger partial charge < -0.3 is 9.84 Å². The van der Waals surface area contributed by atoms with E-state index < -0.39 is 12.0 Å². The number of methoxy groups -OCH3 is 1. The molecule has 0 aliphatic carbocycles. The first-order chi connectivity index (χ1) is 8.47. The van der Waals surface area contributed by atoms with Crippen LogP contribution in [0.25, 0.3) is 0 Å². The number of carbonyl (C=O) groups excluding carboxylic acids is 1. The number of benzene rings is 1. The summed E-state index contributed by atoms with van der Waals surface area (Å²) in [6.45, 7) is 0.0730. The molecule has 0 radical (unpaired) electrons. The van der Waals surface area contributed by atoms with E-state index >= 15 is 0 Å². The first kappa shape index (κ1) is 13.0. The fourth-order valence-electron chi connectivity index (χ4n) is 1.90. The van der Waals surface area contributed by atoms with Gasteiger partial charge in [-0.15, -0.1) is 0 Å². The molecule has 0 saturated heterocycles. The van der Waals surface area contributed by atoms with Crippen LogP contribution in [-0.2, 0) is 6.42 Å². The van der Waals surface area contributed by atoms with Gasteiger partial charge in [-0.2, -0.15) is 0 Å². The number of ether oxygens (including phenoxy) is 1. The Morgan fingerprint density at radius 1 is 1.50 bits per heavy atom. The number of fused-ring (bicyclic) bond motifs is 1. The van der Waals surface area contributed by atoms with Crippen LogP contribution in [0.4, 0.5) is 4.79 Å². The fourth-order valence-corrected chi connectivity index (χ4v) is 2.51. The third-order valence-corrected chi connectivity index (χ3v) is 3.49. The van der Waals surface area contributed by atoms with Gasteiger partial charge in [0, 0.05) is 17.6 Å². The summed E-state index contributed by atoms with van der Waals surface area (Å²) in [6.07, 6.45) is -0.962. The van der Waals surface area contributed by atoms with Crippen LogP contribution in [0.1, 0.15) is 15.9 Å². The summed E-state index contributed by atoms with van der Waals surface area (Å²) < 4.78 is 5.00. The van der Waals surface area contributed by atoms with Crippen LogP contribution >= 0.6 is 23.2 Å². The fraction of sp³-hybridized carbons (Fsp3) is 0.273. The minimum atomic E-state index is -1.30. The predicted molar refractivity (Wildman–Crippen MR) is 65.8 cm³/mol. The molecule has 96 valence electrons. The molecular weight excluding hydrogens is 281 g/mol. The second-order valence-corrected chi connectivity index (χ2v) is 4.50. The van der Waals surface area contributed by atoms with Crippen LogP contribution in [0.15, 0.2) is 6.07 Å². The summed E-state index contributed by atoms with van der Waals surface area (Å²) in [4.78, 5) is 23.7. The standard InChI is InChI=1S/C11H9Cl2NO4/c1-18-7-4-6(12)5-2-3-14(11(16)17)10(15)8(5)9(7)13/h4H,2-3H2,1H3,(H,16,17). The van der Waals surface area contributed by atoms with Crippen molar-refractivity contribution in [1.82, 2.24) is 4.90 Å². The Balaban J connectivity index is 2.62. The lowest BCUT2D eigenvalue weighted by molar-refractivity contribution is 0.0727. The van der Waals surface area contributed by atoms with Crippen molar-refractivity contribution in [3.05, 3.63) is 27.2 Å². The van der Waals surface area contributed by atoms with Crippen molar-refractivity contribution in [3.63, 3.8) is 0 Å². The van der Waals surface area contributed by atoms with Crippen LogP contribution in [0.5, 0.6) is 5.75 Å². The second kappa shape index (κ2) is 4.66. The van der Waals surface area contributed by atoms with Gasteiger partial charge >= 0.3 is 6.09 Å². The van der Waals surface area contributed by atoms with Crippen molar-refractivity contribution >= 4 is 35.2 Å². The maximum absolute atomic E-state index is 12.0.